The molecule has 0 radical (unpaired) electrons. The van der Waals surface area contributed by atoms with E-state index < -0.39 is 16.0 Å². The van der Waals surface area contributed by atoms with E-state index in [0.29, 0.717) is 30.7 Å². The smallest absolute Gasteiger partial charge is 0.306 e. The van der Waals surface area contributed by atoms with Crippen molar-refractivity contribution in [1.29, 1.82) is 0 Å². The summed E-state index contributed by atoms with van der Waals surface area (Å²) in [5.74, 6) is -1.20. The van der Waals surface area contributed by atoms with E-state index in [1.807, 2.05) is 13.0 Å². The zero-order chi connectivity index (χ0) is 19.6. The molecular weight excluding hydrogens is 388 g/mol. The molecule has 0 amide bonds. The Morgan fingerprint density at radius 1 is 1.19 bits per heavy atom. The van der Waals surface area contributed by atoms with Crippen LogP contribution in [-0.2, 0) is 14.8 Å². The maximum absolute atomic E-state index is 12.7. The fourth-order valence-electron chi connectivity index (χ4n) is 3.40. The molecule has 27 heavy (non-hydrogen) atoms. The highest BCUT2D eigenvalue weighted by Crippen LogP contribution is 2.32. The van der Waals surface area contributed by atoms with E-state index in [-0.39, 0.29) is 16.9 Å². The number of halogens is 1. The number of carbonyl (C=O) groups is 1. The van der Waals surface area contributed by atoms with Crippen LogP contribution in [0.1, 0.15) is 31.2 Å². The second-order valence-electron chi connectivity index (χ2n) is 6.84. The predicted octanol–water partition coefficient (Wildman–Crippen LogP) is 3.63. The number of aryl methyl sites for hydroxylation is 1. The van der Waals surface area contributed by atoms with E-state index in [4.69, 9.17) is 16.7 Å². The number of pyridine rings is 1. The molecule has 0 aliphatic heterocycles. The Hall–Kier alpha value is -1.96. The van der Waals surface area contributed by atoms with Crippen molar-refractivity contribution in [1.82, 2.24) is 9.71 Å². The maximum Gasteiger partial charge on any atom is 0.306 e. The number of carboxylic acids is 1. The highest BCUT2D eigenvalue weighted by atomic mass is 35.5. The molecule has 6 nitrogen and oxygen atoms in total. The molecular formula is C19H21ClN2O4S. The van der Waals surface area contributed by atoms with Gasteiger partial charge in [0, 0.05) is 29.0 Å². The summed E-state index contributed by atoms with van der Waals surface area (Å²) in [6.07, 6.45) is 5.37. The molecule has 0 bridgehead atoms. The van der Waals surface area contributed by atoms with E-state index in [1.54, 1.807) is 18.5 Å². The largest absolute Gasteiger partial charge is 0.481 e. The fourth-order valence-corrected chi connectivity index (χ4v) is 5.08. The summed E-state index contributed by atoms with van der Waals surface area (Å²) in [6.45, 7) is 1.92. The first-order valence-corrected chi connectivity index (χ1v) is 10.6. The molecule has 0 spiro atoms. The van der Waals surface area contributed by atoms with Gasteiger partial charge in [-0.1, -0.05) is 17.7 Å². The van der Waals surface area contributed by atoms with E-state index in [9.17, 15) is 13.2 Å². The quantitative estimate of drug-likeness (QED) is 0.787. The van der Waals surface area contributed by atoms with Crippen molar-refractivity contribution < 1.29 is 18.3 Å². The predicted molar refractivity (Wildman–Crippen MR) is 103 cm³/mol. The van der Waals surface area contributed by atoms with Gasteiger partial charge in [-0.2, -0.15) is 0 Å². The normalized spacial score (nSPS) is 20.4. The Bertz CT molecular complexity index is 954. The molecule has 1 aromatic carbocycles. The molecule has 0 saturated heterocycles. The Morgan fingerprint density at radius 2 is 1.89 bits per heavy atom. The second-order valence-corrected chi connectivity index (χ2v) is 8.96. The molecule has 2 N–H and O–H groups in total. The summed E-state index contributed by atoms with van der Waals surface area (Å²) in [7, 11) is -3.72. The Kier molecular flexibility index (Phi) is 5.83. The van der Waals surface area contributed by atoms with Gasteiger partial charge in [0.1, 0.15) is 0 Å². The van der Waals surface area contributed by atoms with Crippen molar-refractivity contribution in [3.05, 3.63) is 47.2 Å². The molecule has 1 heterocycles. The molecule has 144 valence electrons. The van der Waals surface area contributed by atoms with E-state index in [2.05, 4.69) is 9.71 Å². The average Bonchev–Trinajstić information content (AvgIpc) is 2.62. The van der Waals surface area contributed by atoms with Gasteiger partial charge >= 0.3 is 5.97 Å². The molecule has 1 fully saturated rings. The van der Waals surface area contributed by atoms with Crippen molar-refractivity contribution in [3.8, 4) is 11.1 Å². The number of rotatable bonds is 5. The molecule has 2 aromatic rings. The van der Waals surface area contributed by atoms with Crippen LogP contribution in [-0.4, -0.2) is 30.5 Å². The fraction of sp³-hybridized carbons (Fsp3) is 0.368. The average molecular weight is 409 g/mol. The summed E-state index contributed by atoms with van der Waals surface area (Å²) in [4.78, 5) is 15.2. The van der Waals surface area contributed by atoms with Gasteiger partial charge in [-0.25, -0.2) is 13.1 Å². The minimum atomic E-state index is -3.72. The number of nitrogens with one attached hydrogen (secondary N) is 1. The van der Waals surface area contributed by atoms with Gasteiger partial charge in [0.15, 0.2) is 0 Å². The van der Waals surface area contributed by atoms with Crippen LogP contribution in [0.15, 0.2) is 41.6 Å². The van der Waals surface area contributed by atoms with Gasteiger partial charge in [-0.15, -0.1) is 0 Å². The molecule has 0 atom stereocenters. The van der Waals surface area contributed by atoms with Crippen LogP contribution in [0.2, 0.25) is 5.02 Å². The van der Waals surface area contributed by atoms with Gasteiger partial charge in [-0.05, 0) is 61.9 Å². The lowest BCUT2D eigenvalue weighted by atomic mass is 9.87. The van der Waals surface area contributed by atoms with E-state index in [1.165, 1.54) is 12.1 Å². The van der Waals surface area contributed by atoms with Crippen LogP contribution in [0.5, 0.6) is 0 Å². The number of sulfonamides is 1. The number of aromatic nitrogens is 1. The number of carboxylic acid groups (broad SMARTS) is 1. The van der Waals surface area contributed by atoms with Crippen molar-refractivity contribution >= 4 is 27.6 Å². The van der Waals surface area contributed by atoms with E-state index in [0.717, 1.165) is 16.7 Å². The lowest BCUT2D eigenvalue weighted by molar-refractivity contribution is -0.142. The molecule has 1 aliphatic carbocycles. The van der Waals surface area contributed by atoms with Crippen LogP contribution in [0.25, 0.3) is 11.1 Å². The molecule has 1 saturated carbocycles. The van der Waals surface area contributed by atoms with Crippen molar-refractivity contribution in [2.75, 3.05) is 0 Å². The minimum Gasteiger partial charge on any atom is -0.481 e. The van der Waals surface area contributed by atoms with Crippen LogP contribution in [0.4, 0.5) is 0 Å². The number of nitrogens with zero attached hydrogens (tertiary/aromatic N) is 1. The molecule has 8 heteroatoms. The first kappa shape index (κ1) is 19.8. The Balaban J connectivity index is 1.77. The lowest BCUT2D eigenvalue weighted by Crippen LogP contribution is -2.38. The standard InChI is InChI=1S/C19H21ClN2O4S/c1-12-11-21-9-8-16(12)17-7-6-15(10-18(17)20)27(25,26)22-14-4-2-13(3-5-14)19(23)24/h6-11,13-14,22H,2-5H2,1H3,(H,23,24). The van der Waals surface area contributed by atoms with Crippen LogP contribution in [0.3, 0.4) is 0 Å². The third kappa shape index (κ3) is 4.48. The summed E-state index contributed by atoms with van der Waals surface area (Å²) in [6, 6.07) is 6.25. The van der Waals surface area contributed by atoms with Crippen LogP contribution >= 0.6 is 11.6 Å². The van der Waals surface area contributed by atoms with Crippen molar-refractivity contribution in [2.24, 2.45) is 5.92 Å². The number of hydrogen-bond donors (Lipinski definition) is 2. The maximum atomic E-state index is 12.7. The number of aliphatic carboxylic acids is 1. The van der Waals surface area contributed by atoms with Crippen LogP contribution in [0, 0.1) is 12.8 Å². The van der Waals surface area contributed by atoms with Gasteiger partial charge in [0.2, 0.25) is 10.0 Å². The summed E-state index contributed by atoms with van der Waals surface area (Å²) < 4.78 is 28.1. The third-order valence-electron chi connectivity index (χ3n) is 4.96. The SMILES string of the molecule is Cc1cnccc1-c1ccc(S(=O)(=O)NC2CCC(C(=O)O)CC2)cc1Cl. The molecule has 1 aromatic heterocycles. The number of benzene rings is 1. The monoisotopic (exact) mass is 408 g/mol. The minimum absolute atomic E-state index is 0.100. The topological polar surface area (TPSA) is 96.4 Å². The molecule has 3 rings (SSSR count). The zero-order valence-corrected chi connectivity index (χ0v) is 16.4. The molecule has 0 unspecified atom stereocenters. The zero-order valence-electron chi connectivity index (χ0n) is 14.9. The highest BCUT2D eigenvalue weighted by molar-refractivity contribution is 7.89. The summed E-state index contributed by atoms with van der Waals surface area (Å²) in [5, 5.41) is 9.40. The van der Waals surface area contributed by atoms with Gasteiger partial charge < -0.3 is 5.11 Å². The Labute approximate surface area is 163 Å². The first-order valence-electron chi connectivity index (χ1n) is 8.73. The van der Waals surface area contributed by atoms with Crippen LogP contribution < -0.4 is 4.72 Å². The second kappa shape index (κ2) is 7.96. The first-order chi connectivity index (χ1) is 12.8. The van der Waals surface area contributed by atoms with Crippen molar-refractivity contribution in [2.45, 2.75) is 43.5 Å². The third-order valence-corrected chi connectivity index (χ3v) is 6.79. The van der Waals surface area contributed by atoms with Gasteiger partial charge in [-0.3, -0.25) is 9.78 Å². The summed E-state index contributed by atoms with van der Waals surface area (Å²) >= 11 is 6.36. The molecule has 1 aliphatic rings. The van der Waals surface area contributed by atoms with E-state index >= 15 is 0 Å². The number of hydrogen-bond acceptors (Lipinski definition) is 4. The highest BCUT2D eigenvalue weighted by Gasteiger charge is 2.29. The van der Waals surface area contributed by atoms with Crippen molar-refractivity contribution in [3.63, 3.8) is 0 Å². The van der Waals surface area contributed by atoms with Gasteiger partial charge in [0.25, 0.3) is 0 Å². The van der Waals surface area contributed by atoms with Gasteiger partial charge in [0.05, 0.1) is 10.8 Å². The Morgan fingerprint density at radius 3 is 2.48 bits per heavy atom. The summed E-state index contributed by atoms with van der Waals surface area (Å²) in [5.41, 5.74) is 2.60. The lowest BCUT2D eigenvalue weighted by Gasteiger charge is -2.26.